The van der Waals surface area contributed by atoms with Crippen LogP contribution < -0.4 is 9.47 Å². The lowest BCUT2D eigenvalue weighted by Crippen LogP contribution is -2.32. The molecule has 1 aliphatic carbocycles. The van der Waals surface area contributed by atoms with Crippen LogP contribution in [-0.4, -0.2) is 19.3 Å². The molecule has 0 saturated heterocycles. The summed E-state index contributed by atoms with van der Waals surface area (Å²) in [4.78, 5) is 0. The van der Waals surface area contributed by atoms with Gasteiger partial charge in [-0.25, -0.2) is 0 Å². The van der Waals surface area contributed by atoms with Crippen LogP contribution in [0, 0.1) is 5.92 Å². The van der Waals surface area contributed by atoms with Gasteiger partial charge in [-0.1, -0.05) is 25.8 Å². The van der Waals surface area contributed by atoms with Crippen molar-refractivity contribution in [2.45, 2.75) is 51.0 Å². The molecule has 1 aromatic carbocycles. The molecule has 1 aliphatic rings. The molecule has 0 bridgehead atoms. The average Bonchev–Trinajstić information content (AvgIpc) is 2.49. The van der Waals surface area contributed by atoms with Crippen molar-refractivity contribution in [3.8, 4) is 11.5 Å². The van der Waals surface area contributed by atoms with Crippen molar-refractivity contribution in [2.75, 3.05) is 14.2 Å². The SMILES string of the molecule is CCCC1CCC(O)(c2c(OC)cccc2OC)CC1. The van der Waals surface area contributed by atoms with E-state index in [4.69, 9.17) is 9.47 Å². The molecular weight excluding hydrogens is 252 g/mol. The van der Waals surface area contributed by atoms with Gasteiger partial charge in [0.05, 0.1) is 25.4 Å². The molecule has 112 valence electrons. The summed E-state index contributed by atoms with van der Waals surface area (Å²) in [7, 11) is 3.29. The monoisotopic (exact) mass is 278 g/mol. The maximum absolute atomic E-state index is 11.1. The molecule has 1 saturated carbocycles. The lowest BCUT2D eigenvalue weighted by Gasteiger charge is -2.37. The van der Waals surface area contributed by atoms with E-state index in [9.17, 15) is 5.11 Å². The minimum Gasteiger partial charge on any atom is -0.496 e. The summed E-state index contributed by atoms with van der Waals surface area (Å²) >= 11 is 0. The molecule has 0 spiro atoms. The molecule has 0 radical (unpaired) electrons. The Hall–Kier alpha value is -1.22. The van der Waals surface area contributed by atoms with Crippen molar-refractivity contribution in [3.63, 3.8) is 0 Å². The smallest absolute Gasteiger partial charge is 0.128 e. The van der Waals surface area contributed by atoms with E-state index >= 15 is 0 Å². The van der Waals surface area contributed by atoms with Gasteiger partial charge in [0, 0.05) is 0 Å². The average molecular weight is 278 g/mol. The summed E-state index contributed by atoms with van der Waals surface area (Å²) in [6, 6.07) is 5.69. The molecule has 0 unspecified atom stereocenters. The number of aliphatic hydroxyl groups is 1. The van der Waals surface area contributed by atoms with E-state index in [-0.39, 0.29) is 0 Å². The van der Waals surface area contributed by atoms with Gasteiger partial charge in [-0.05, 0) is 43.7 Å². The predicted molar refractivity (Wildman–Crippen MR) is 80.3 cm³/mol. The van der Waals surface area contributed by atoms with Gasteiger partial charge >= 0.3 is 0 Å². The largest absolute Gasteiger partial charge is 0.496 e. The van der Waals surface area contributed by atoms with E-state index in [0.29, 0.717) is 0 Å². The Labute approximate surface area is 121 Å². The molecule has 1 aromatic rings. The first kappa shape index (κ1) is 15.2. The van der Waals surface area contributed by atoms with Crippen molar-refractivity contribution < 1.29 is 14.6 Å². The van der Waals surface area contributed by atoms with Gasteiger partial charge < -0.3 is 14.6 Å². The van der Waals surface area contributed by atoms with Gasteiger partial charge in [0.25, 0.3) is 0 Å². The Bertz CT molecular complexity index is 412. The molecule has 0 amide bonds. The molecule has 1 N–H and O–H groups in total. The summed E-state index contributed by atoms with van der Waals surface area (Å²) in [5.41, 5.74) is 0.00212. The number of methoxy groups -OCH3 is 2. The van der Waals surface area contributed by atoms with E-state index < -0.39 is 5.60 Å². The van der Waals surface area contributed by atoms with E-state index in [0.717, 1.165) is 48.7 Å². The van der Waals surface area contributed by atoms with E-state index in [1.54, 1.807) is 14.2 Å². The van der Waals surface area contributed by atoms with Crippen LogP contribution in [0.3, 0.4) is 0 Å². The molecule has 0 heterocycles. The minimum atomic E-state index is -0.817. The Balaban J connectivity index is 2.27. The molecule has 0 atom stereocenters. The fourth-order valence-corrected chi connectivity index (χ4v) is 3.41. The maximum Gasteiger partial charge on any atom is 0.128 e. The zero-order valence-corrected chi connectivity index (χ0v) is 12.8. The summed E-state index contributed by atoms with van der Waals surface area (Å²) in [6.45, 7) is 2.23. The van der Waals surface area contributed by atoms with Crippen LogP contribution in [0.1, 0.15) is 51.0 Å². The second-order valence-corrected chi connectivity index (χ2v) is 5.80. The van der Waals surface area contributed by atoms with Crippen LogP contribution in [0.25, 0.3) is 0 Å². The fraction of sp³-hybridized carbons (Fsp3) is 0.647. The highest BCUT2D eigenvalue weighted by atomic mass is 16.5. The van der Waals surface area contributed by atoms with Gasteiger partial charge in [-0.15, -0.1) is 0 Å². The molecule has 2 rings (SSSR count). The summed E-state index contributed by atoms with van der Waals surface area (Å²) in [5, 5.41) is 11.1. The Morgan fingerprint density at radius 3 is 2.15 bits per heavy atom. The van der Waals surface area contributed by atoms with Crippen LogP contribution >= 0.6 is 0 Å². The van der Waals surface area contributed by atoms with E-state index in [1.165, 1.54) is 12.8 Å². The molecule has 0 aromatic heterocycles. The van der Waals surface area contributed by atoms with Gasteiger partial charge in [-0.3, -0.25) is 0 Å². The normalized spacial score (nSPS) is 26.3. The summed E-state index contributed by atoms with van der Waals surface area (Å²) < 4.78 is 10.9. The van der Waals surface area contributed by atoms with Crippen LogP contribution in [0.15, 0.2) is 18.2 Å². The van der Waals surface area contributed by atoms with Crippen LogP contribution in [-0.2, 0) is 5.60 Å². The van der Waals surface area contributed by atoms with E-state index in [2.05, 4.69) is 6.92 Å². The van der Waals surface area contributed by atoms with Crippen molar-refractivity contribution in [1.29, 1.82) is 0 Å². The van der Waals surface area contributed by atoms with Gasteiger partial charge in [0.1, 0.15) is 11.5 Å². The van der Waals surface area contributed by atoms with Crippen LogP contribution in [0.4, 0.5) is 0 Å². The minimum absolute atomic E-state index is 0.723. The van der Waals surface area contributed by atoms with E-state index in [1.807, 2.05) is 18.2 Å². The van der Waals surface area contributed by atoms with Gasteiger partial charge in [0.15, 0.2) is 0 Å². The Morgan fingerprint density at radius 1 is 1.15 bits per heavy atom. The predicted octanol–water partition coefficient (Wildman–Crippen LogP) is 3.88. The first-order valence-electron chi connectivity index (χ1n) is 7.58. The number of hydrogen-bond acceptors (Lipinski definition) is 3. The highest BCUT2D eigenvalue weighted by Crippen LogP contribution is 2.47. The molecule has 3 heteroatoms. The number of benzene rings is 1. The van der Waals surface area contributed by atoms with Crippen LogP contribution in [0.2, 0.25) is 0 Å². The maximum atomic E-state index is 11.1. The second-order valence-electron chi connectivity index (χ2n) is 5.80. The Kier molecular flexibility index (Phi) is 4.92. The summed E-state index contributed by atoms with van der Waals surface area (Å²) in [6.07, 6.45) is 6.21. The zero-order valence-electron chi connectivity index (χ0n) is 12.8. The molecular formula is C17H26O3. The lowest BCUT2D eigenvalue weighted by atomic mass is 9.73. The van der Waals surface area contributed by atoms with Crippen molar-refractivity contribution >= 4 is 0 Å². The molecule has 0 aliphatic heterocycles. The topological polar surface area (TPSA) is 38.7 Å². The molecule has 20 heavy (non-hydrogen) atoms. The first-order valence-corrected chi connectivity index (χ1v) is 7.58. The standard InChI is InChI=1S/C17H26O3/c1-4-6-13-9-11-17(18,12-10-13)16-14(19-2)7-5-8-15(16)20-3/h5,7-8,13,18H,4,6,9-12H2,1-3H3. The third-order valence-corrected chi connectivity index (χ3v) is 4.52. The highest BCUT2D eigenvalue weighted by Gasteiger charge is 2.38. The third-order valence-electron chi connectivity index (χ3n) is 4.52. The van der Waals surface area contributed by atoms with Crippen molar-refractivity contribution in [3.05, 3.63) is 23.8 Å². The third kappa shape index (κ3) is 2.93. The first-order chi connectivity index (χ1) is 9.64. The second kappa shape index (κ2) is 6.49. The number of rotatable bonds is 5. The van der Waals surface area contributed by atoms with Gasteiger partial charge in [-0.2, -0.15) is 0 Å². The van der Waals surface area contributed by atoms with Crippen molar-refractivity contribution in [2.24, 2.45) is 5.92 Å². The summed E-state index contributed by atoms with van der Waals surface area (Å²) in [5.74, 6) is 2.20. The van der Waals surface area contributed by atoms with Crippen molar-refractivity contribution in [1.82, 2.24) is 0 Å². The Morgan fingerprint density at radius 2 is 1.70 bits per heavy atom. The number of hydrogen-bond donors (Lipinski definition) is 1. The molecule has 3 nitrogen and oxygen atoms in total. The zero-order chi connectivity index (χ0) is 14.6. The quantitative estimate of drug-likeness (QED) is 0.888. The molecule has 1 fully saturated rings. The number of ether oxygens (including phenoxy) is 2. The lowest BCUT2D eigenvalue weighted by molar-refractivity contribution is -0.0187. The van der Waals surface area contributed by atoms with Gasteiger partial charge in [0.2, 0.25) is 0 Å². The highest BCUT2D eigenvalue weighted by molar-refractivity contribution is 5.48. The fourth-order valence-electron chi connectivity index (χ4n) is 3.41. The van der Waals surface area contributed by atoms with Crippen LogP contribution in [0.5, 0.6) is 11.5 Å².